The molecule has 8 nitrogen and oxygen atoms in total. The zero-order chi connectivity index (χ0) is 20.1. The quantitative estimate of drug-likeness (QED) is 0.476. The maximum Gasteiger partial charge on any atom is 0.180 e. The average molecular weight is 407 g/mol. The van der Waals surface area contributed by atoms with E-state index >= 15 is 0 Å². The standard InChI is InChI=1S/C19H20N8.C2H6.CH4/c1-3-16(26-8-5-20-6-9-26)4-2-15(1)25-18-19-22-13-17(14-11-23-24-12-14)27(19)10-7-21-18;1-2;/h1-4,7,10-13,20H,5-6,8-9H2,(H,21,25)(H,23,24);1-2H3;1H4. The van der Waals surface area contributed by atoms with E-state index in [1.807, 2.05) is 36.8 Å². The highest BCUT2D eigenvalue weighted by molar-refractivity contribution is 5.74. The number of H-pyrrole nitrogens is 1. The Morgan fingerprint density at radius 1 is 1.00 bits per heavy atom. The van der Waals surface area contributed by atoms with Crippen molar-refractivity contribution in [2.24, 2.45) is 0 Å². The number of imidazole rings is 1. The molecule has 5 rings (SSSR count). The van der Waals surface area contributed by atoms with Gasteiger partial charge in [0.25, 0.3) is 0 Å². The summed E-state index contributed by atoms with van der Waals surface area (Å²) in [5.74, 6) is 0.724. The Bertz CT molecular complexity index is 1030. The summed E-state index contributed by atoms with van der Waals surface area (Å²) >= 11 is 0. The normalized spacial score (nSPS) is 13.3. The molecule has 0 amide bonds. The lowest BCUT2D eigenvalue weighted by Gasteiger charge is -2.29. The molecule has 1 aliphatic rings. The number of aromatic nitrogens is 5. The fourth-order valence-corrected chi connectivity index (χ4v) is 3.43. The maximum absolute atomic E-state index is 4.54. The molecular weight excluding hydrogens is 376 g/mol. The minimum Gasteiger partial charge on any atom is -0.369 e. The Balaban J connectivity index is 0.000000830. The number of benzene rings is 1. The minimum absolute atomic E-state index is 0. The van der Waals surface area contributed by atoms with E-state index in [2.05, 4.69) is 60.0 Å². The maximum atomic E-state index is 4.54. The molecule has 3 aromatic heterocycles. The molecule has 0 bridgehead atoms. The Kier molecular flexibility index (Phi) is 7.03. The first-order chi connectivity index (χ1) is 14.4. The van der Waals surface area contributed by atoms with E-state index in [1.54, 1.807) is 12.4 Å². The average Bonchev–Trinajstić information content (AvgIpc) is 3.47. The summed E-state index contributed by atoms with van der Waals surface area (Å²) in [6.45, 7) is 8.15. The second-order valence-electron chi connectivity index (χ2n) is 6.51. The molecule has 1 saturated heterocycles. The Labute approximate surface area is 177 Å². The monoisotopic (exact) mass is 406 g/mol. The van der Waals surface area contributed by atoms with Gasteiger partial charge in [-0.25, -0.2) is 9.97 Å². The fraction of sp³-hybridized carbons (Fsp3) is 0.318. The second-order valence-corrected chi connectivity index (χ2v) is 6.51. The van der Waals surface area contributed by atoms with Gasteiger partial charge in [-0.05, 0) is 24.3 Å². The van der Waals surface area contributed by atoms with Gasteiger partial charge in [0.05, 0.1) is 18.1 Å². The molecule has 158 valence electrons. The van der Waals surface area contributed by atoms with Gasteiger partial charge in [-0.15, -0.1) is 0 Å². The molecule has 4 heterocycles. The molecule has 4 aromatic rings. The number of nitrogens with zero attached hydrogens (tertiary/aromatic N) is 5. The lowest BCUT2D eigenvalue weighted by Crippen LogP contribution is -2.43. The number of rotatable bonds is 4. The third kappa shape index (κ3) is 4.28. The zero-order valence-electron chi connectivity index (χ0n) is 16.8. The molecule has 0 spiro atoms. The van der Waals surface area contributed by atoms with Gasteiger partial charge in [0.2, 0.25) is 0 Å². The van der Waals surface area contributed by atoms with E-state index in [9.17, 15) is 0 Å². The smallest absolute Gasteiger partial charge is 0.180 e. The van der Waals surface area contributed by atoms with Crippen LogP contribution in [0.5, 0.6) is 0 Å². The summed E-state index contributed by atoms with van der Waals surface area (Å²) in [5, 5.41) is 13.6. The topological polar surface area (TPSA) is 86.2 Å². The fourth-order valence-electron chi connectivity index (χ4n) is 3.43. The van der Waals surface area contributed by atoms with Crippen LogP contribution in [0, 0.1) is 0 Å². The van der Waals surface area contributed by atoms with E-state index in [0.29, 0.717) is 0 Å². The van der Waals surface area contributed by atoms with Crippen molar-refractivity contribution >= 4 is 22.8 Å². The summed E-state index contributed by atoms with van der Waals surface area (Å²) in [6.07, 6.45) is 9.15. The number of piperazine rings is 1. The van der Waals surface area contributed by atoms with Gasteiger partial charge in [0.15, 0.2) is 11.5 Å². The molecule has 0 aliphatic carbocycles. The largest absolute Gasteiger partial charge is 0.369 e. The van der Waals surface area contributed by atoms with Crippen LogP contribution < -0.4 is 15.5 Å². The van der Waals surface area contributed by atoms with Gasteiger partial charge in [0.1, 0.15) is 0 Å². The van der Waals surface area contributed by atoms with Gasteiger partial charge < -0.3 is 15.5 Å². The first-order valence-electron chi connectivity index (χ1n) is 10.0. The molecule has 0 saturated carbocycles. The molecule has 1 aromatic carbocycles. The first-order valence-corrected chi connectivity index (χ1v) is 10.0. The van der Waals surface area contributed by atoms with Crippen molar-refractivity contribution in [3.63, 3.8) is 0 Å². The van der Waals surface area contributed by atoms with Crippen LogP contribution in [0.4, 0.5) is 17.2 Å². The molecule has 1 fully saturated rings. The third-order valence-corrected chi connectivity index (χ3v) is 4.83. The predicted molar refractivity (Wildman–Crippen MR) is 123 cm³/mol. The summed E-state index contributed by atoms with van der Waals surface area (Å²) in [7, 11) is 0. The summed E-state index contributed by atoms with van der Waals surface area (Å²) in [4.78, 5) is 11.4. The van der Waals surface area contributed by atoms with Crippen LogP contribution in [-0.2, 0) is 0 Å². The van der Waals surface area contributed by atoms with Gasteiger partial charge in [-0.3, -0.25) is 9.50 Å². The van der Waals surface area contributed by atoms with Crippen molar-refractivity contribution in [1.82, 2.24) is 29.9 Å². The molecule has 1 aliphatic heterocycles. The zero-order valence-corrected chi connectivity index (χ0v) is 16.8. The molecular formula is C22H30N8. The van der Waals surface area contributed by atoms with Crippen molar-refractivity contribution in [2.75, 3.05) is 36.4 Å². The Hall–Kier alpha value is -3.39. The first kappa shape index (κ1) is 21.3. The van der Waals surface area contributed by atoms with Crippen molar-refractivity contribution in [3.8, 4) is 11.3 Å². The van der Waals surface area contributed by atoms with Crippen LogP contribution in [0.15, 0.2) is 55.2 Å². The van der Waals surface area contributed by atoms with Gasteiger partial charge in [0, 0.05) is 61.7 Å². The molecule has 0 radical (unpaired) electrons. The number of nitrogens with one attached hydrogen (secondary N) is 3. The van der Waals surface area contributed by atoms with Crippen molar-refractivity contribution in [2.45, 2.75) is 21.3 Å². The molecule has 8 heteroatoms. The summed E-state index contributed by atoms with van der Waals surface area (Å²) in [5.41, 5.74) is 4.97. The van der Waals surface area contributed by atoms with Gasteiger partial charge in [-0.1, -0.05) is 21.3 Å². The van der Waals surface area contributed by atoms with Crippen molar-refractivity contribution < 1.29 is 0 Å². The van der Waals surface area contributed by atoms with Crippen LogP contribution in [0.25, 0.3) is 16.9 Å². The summed E-state index contributed by atoms with van der Waals surface area (Å²) < 4.78 is 2.01. The van der Waals surface area contributed by atoms with Gasteiger partial charge >= 0.3 is 0 Å². The highest BCUT2D eigenvalue weighted by atomic mass is 15.2. The number of fused-ring (bicyclic) bond motifs is 1. The van der Waals surface area contributed by atoms with E-state index < -0.39 is 0 Å². The number of aromatic amines is 1. The number of hydrogen-bond acceptors (Lipinski definition) is 6. The van der Waals surface area contributed by atoms with E-state index in [1.165, 1.54) is 5.69 Å². The molecule has 0 unspecified atom stereocenters. The molecule has 30 heavy (non-hydrogen) atoms. The predicted octanol–water partition coefficient (Wildman–Crippen LogP) is 3.93. The molecule has 0 atom stereocenters. The van der Waals surface area contributed by atoms with E-state index in [-0.39, 0.29) is 7.43 Å². The second kappa shape index (κ2) is 9.89. The van der Waals surface area contributed by atoms with Crippen molar-refractivity contribution in [3.05, 3.63) is 55.2 Å². The lowest BCUT2D eigenvalue weighted by atomic mass is 10.2. The highest BCUT2D eigenvalue weighted by Gasteiger charge is 2.12. The Morgan fingerprint density at radius 3 is 2.47 bits per heavy atom. The van der Waals surface area contributed by atoms with Crippen LogP contribution in [0.2, 0.25) is 0 Å². The summed E-state index contributed by atoms with van der Waals surface area (Å²) in [6, 6.07) is 8.47. The molecule has 3 N–H and O–H groups in total. The van der Waals surface area contributed by atoms with Crippen molar-refractivity contribution in [1.29, 1.82) is 0 Å². The van der Waals surface area contributed by atoms with Crippen LogP contribution >= 0.6 is 0 Å². The number of hydrogen-bond donors (Lipinski definition) is 3. The SMILES string of the molecule is C.CC.c1cn2c(-c3cn[nH]c3)cnc2c(Nc2ccc(N3CCNCC3)cc2)n1. The highest BCUT2D eigenvalue weighted by Crippen LogP contribution is 2.25. The van der Waals surface area contributed by atoms with E-state index in [0.717, 1.165) is 54.6 Å². The van der Waals surface area contributed by atoms with E-state index in [4.69, 9.17) is 0 Å². The minimum atomic E-state index is 0. The van der Waals surface area contributed by atoms with Crippen LogP contribution in [0.1, 0.15) is 21.3 Å². The Morgan fingerprint density at radius 2 is 1.77 bits per heavy atom. The third-order valence-electron chi connectivity index (χ3n) is 4.83. The lowest BCUT2D eigenvalue weighted by molar-refractivity contribution is 0.589. The van der Waals surface area contributed by atoms with Gasteiger partial charge in [-0.2, -0.15) is 5.10 Å². The number of anilines is 3. The van der Waals surface area contributed by atoms with Crippen LogP contribution in [-0.4, -0.2) is 50.7 Å². The van der Waals surface area contributed by atoms with Crippen LogP contribution in [0.3, 0.4) is 0 Å².